The van der Waals surface area contributed by atoms with Crippen LogP contribution in [-0.2, 0) is 14.6 Å². The van der Waals surface area contributed by atoms with Gasteiger partial charge in [0, 0.05) is 24.1 Å². The summed E-state index contributed by atoms with van der Waals surface area (Å²) >= 11 is 0. The van der Waals surface area contributed by atoms with E-state index in [1.165, 1.54) is 0 Å². The van der Waals surface area contributed by atoms with Crippen LogP contribution >= 0.6 is 0 Å². The predicted molar refractivity (Wildman–Crippen MR) is 105 cm³/mol. The SMILES string of the molecule is CS(=O)(=O)c1n[nH]c2nc(Nc3ccc4c(c3)OCC(=O)N4)nc(NC3CC3)c12. The zero-order valence-corrected chi connectivity index (χ0v) is 16.1. The van der Waals surface area contributed by atoms with Crippen molar-refractivity contribution < 1.29 is 17.9 Å². The van der Waals surface area contributed by atoms with E-state index in [0.717, 1.165) is 19.1 Å². The molecule has 0 spiro atoms. The predicted octanol–water partition coefficient (Wildman–Crippen LogP) is 1.41. The molecular weight excluding hydrogens is 398 g/mol. The molecule has 1 saturated carbocycles. The summed E-state index contributed by atoms with van der Waals surface area (Å²) in [6, 6.07) is 5.45. The summed E-state index contributed by atoms with van der Waals surface area (Å²) in [6.07, 6.45) is 3.09. The Morgan fingerprint density at radius 1 is 1.24 bits per heavy atom. The third-order valence-electron chi connectivity index (χ3n) is 4.53. The third-order valence-corrected chi connectivity index (χ3v) is 5.52. The molecule has 3 aromatic rings. The van der Waals surface area contributed by atoms with Gasteiger partial charge >= 0.3 is 0 Å². The van der Waals surface area contributed by atoms with Gasteiger partial charge in [-0.15, -0.1) is 0 Å². The number of H-pyrrole nitrogens is 1. The normalized spacial score (nSPS) is 16.1. The van der Waals surface area contributed by atoms with Gasteiger partial charge in [0.2, 0.25) is 5.95 Å². The quantitative estimate of drug-likeness (QED) is 0.485. The second kappa shape index (κ2) is 6.30. The summed E-state index contributed by atoms with van der Waals surface area (Å²) in [6.45, 7) is -0.0449. The van der Waals surface area contributed by atoms with Crippen LogP contribution in [0.15, 0.2) is 23.2 Å². The van der Waals surface area contributed by atoms with Crippen LogP contribution in [0.4, 0.5) is 23.1 Å². The monoisotopic (exact) mass is 415 g/mol. The molecule has 4 N–H and O–H groups in total. The summed E-state index contributed by atoms with van der Waals surface area (Å²) in [5, 5.41) is 15.9. The highest BCUT2D eigenvalue weighted by atomic mass is 32.2. The number of carbonyl (C=O) groups is 1. The standard InChI is InChI=1S/C17H17N7O4S/c1-29(26,27)16-13-14(18-8-2-3-8)21-17(22-15(13)23-24-16)19-9-4-5-10-11(6-9)28-7-12(25)20-10/h4-6,8H,2-3,7H2,1H3,(H,20,25)(H3,18,19,21,22,23,24). The van der Waals surface area contributed by atoms with Gasteiger partial charge in [0.1, 0.15) is 17.0 Å². The first-order chi connectivity index (χ1) is 13.9. The Hall–Kier alpha value is -3.41. The van der Waals surface area contributed by atoms with Crippen molar-refractivity contribution in [2.75, 3.05) is 28.8 Å². The van der Waals surface area contributed by atoms with E-state index >= 15 is 0 Å². The van der Waals surface area contributed by atoms with Gasteiger partial charge in [0.15, 0.2) is 27.1 Å². The average molecular weight is 415 g/mol. The van der Waals surface area contributed by atoms with Crippen LogP contribution in [0.3, 0.4) is 0 Å². The van der Waals surface area contributed by atoms with Crippen molar-refractivity contribution in [1.29, 1.82) is 0 Å². The minimum Gasteiger partial charge on any atom is -0.482 e. The van der Waals surface area contributed by atoms with Crippen molar-refractivity contribution in [2.24, 2.45) is 0 Å². The van der Waals surface area contributed by atoms with E-state index in [0.29, 0.717) is 34.0 Å². The van der Waals surface area contributed by atoms with E-state index in [-0.39, 0.29) is 29.5 Å². The number of ether oxygens (including phenoxy) is 1. The van der Waals surface area contributed by atoms with E-state index in [2.05, 4.69) is 36.1 Å². The molecule has 0 saturated heterocycles. The molecular formula is C17H17N7O4S. The van der Waals surface area contributed by atoms with Gasteiger partial charge in [-0.1, -0.05) is 0 Å². The fraction of sp³-hybridized carbons (Fsp3) is 0.294. The fourth-order valence-electron chi connectivity index (χ4n) is 3.03. The topological polar surface area (TPSA) is 151 Å². The van der Waals surface area contributed by atoms with Crippen molar-refractivity contribution in [2.45, 2.75) is 23.9 Å². The molecule has 12 heteroatoms. The number of anilines is 4. The van der Waals surface area contributed by atoms with Crippen molar-refractivity contribution >= 4 is 49.9 Å². The number of carbonyl (C=O) groups excluding carboxylic acids is 1. The second-order valence-electron chi connectivity index (χ2n) is 7.01. The van der Waals surface area contributed by atoms with Gasteiger partial charge < -0.3 is 20.7 Å². The van der Waals surface area contributed by atoms with Crippen LogP contribution in [0.5, 0.6) is 5.75 Å². The number of nitrogens with zero attached hydrogens (tertiary/aromatic N) is 3. The Morgan fingerprint density at radius 3 is 2.83 bits per heavy atom. The largest absolute Gasteiger partial charge is 0.482 e. The molecule has 2 aliphatic rings. The Kier molecular flexibility index (Phi) is 3.84. The molecule has 0 bridgehead atoms. The lowest BCUT2D eigenvalue weighted by molar-refractivity contribution is -0.118. The first-order valence-corrected chi connectivity index (χ1v) is 10.8. The number of fused-ring (bicyclic) bond motifs is 2. The Balaban J connectivity index is 1.53. The summed E-state index contributed by atoms with van der Waals surface area (Å²) in [5.74, 6) is 1.01. The van der Waals surface area contributed by atoms with Gasteiger partial charge in [0.05, 0.1) is 5.69 Å². The number of sulfone groups is 1. The molecule has 3 heterocycles. The maximum atomic E-state index is 12.1. The fourth-order valence-corrected chi connectivity index (χ4v) is 3.81. The van der Waals surface area contributed by atoms with Crippen LogP contribution in [0.25, 0.3) is 11.0 Å². The number of nitrogens with one attached hydrogen (secondary N) is 4. The van der Waals surface area contributed by atoms with E-state index < -0.39 is 9.84 Å². The maximum Gasteiger partial charge on any atom is 0.262 e. The summed E-state index contributed by atoms with van der Waals surface area (Å²) < 4.78 is 29.6. The summed E-state index contributed by atoms with van der Waals surface area (Å²) in [5.41, 5.74) is 1.55. The van der Waals surface area contributed by atoms with Crippen molar-refractivity contribution in [3.63, 3.8) is 0 Å². The van der Waals surface area contributed by atoms with E-state index in [9.17, 15) is 13.2 Å². The van der Waals surface area contributed by atoms with Gasteiger partial charge in [-0.05, 0) is 25.0 Å². The number of hydrogen-bond acceptors (Lipinski definition) is 9. The molecule has 0 unspecified atom stereocenters. The molecule has 11 nitrogen and oxygen atoms in total. The zero-order chi connectivity index (χ0) is 20.2. The lowest BCUT2D eigenvalue weighted by Crippen LogP contribution is -2.25. The Bertz CT molecular complexity index is 1250. The van der Waals surface area contributed by atoms with Crippen molar-refractivity contribution in [1.82, 2.24) is 20.2 Å². The first kappa shape index (κ1) is 17.7. The van der Waals surface area contributed by atoms with Gasteiger partial charge in [-0.3, -0.25) is 9.89 Å². The van der Waals surface area contributed by atoms with Gasteiger partial charge in [-0.2, -0.15) is 15.1 Å². The lowest BCUT2D eigenvalue weighted by atomic mass is 10.2. The van der Waals surface area contributed by atoms with Gasteiger partial charge in [0.25, 0.3) is 5.91 Å². The molecule has 1 fully saturated rings. The molecule has 2 aromatic heterocycles. The summed E-state index contributed by atoms with van der Waals surface area (Å²) in [7, 11) is -3.54. The highest BCUT2D eigenvalue weighted by molar-refractivity contribution is 7.90. The number of benzene rings is 1. The van der Waals surface area contributed by atoms with Crippen LogP contribution in [0, 0.1) is 0 Å². The van der Waals surface area contributed by atoms with Crippen LogP contribution < -0.4 is 20.7 Å². The smallest absolute Gasteiger partial charge is 0.262 e. The lowest BCUT2D eigenvalue weighted by Gasteiger charge is -2.18. The Morgan fingerprint density at radius 2 is 2.07 bits per heavy atom. The van der Waals surface area contributed by atoms with E-state index in [4.69, 9.17) is 4.74 Å². The Labute approximate surface area is 165 Å². The van der Waals surface area contributed by atoms with Crippen molar-refractivity contribution in [3.05, 3.63) is 18.2 Å². The van der Waals surface area contributed by atoms with Crippen LogP contribution in [0.1, 0.15) is 12.8 Å². The highest BCUT2D eigenvalue weighted by Gasteiger charge is 2.27. The minimum absolute atomic E-state index is 0.0449. The molecule has 29 heavy (non-hydrogen) atoms. The third kappa shape index (κ3) is 3.42. The first-order valence-electron chi connectivity index (χ1n) is 8.93. The number of rotatable bonds is 5. The molecule has 0 atom stereocenters. The molecule has 1 aromatic carbocycles. The molecule has 1 amide bonds. The number of hydrogen-bond donors (Lipinski definition) is 4. The second-order valence-corrected chi connectivity index (χ2v) is 8.94. The van der Waals surface area contributed by atoms with Crippen molar-refractivity contribution in [3.8, 4) is 5.75 Å². The van der Waals surface area contributed by atoms with E-state index in [1.54, 1.807) is 18.2 Å². The zero-order valence-electron chi connectivity index (χ0n) is 15.3. The molecule has 5 rings (SSSR count). The van der Waals surface area contributed by atoms with Crippen LogP contribution in [-0.4, -0.2) is 53.4 Å². The van der Waals surface area contributed by atoms with Crippen LogP contribution in [0.2, 0.25) is 0 Å². The average Bonchev–Trinajstić information content (AvgIpc) is 3.36. The maximum absolute atomic E-state index is 12.1. The highest BCUT2D eigenvalue weighted by Crippen LogP contribution is 2.34. The number of aromatic nitrogens is 4. The minimum atomic E-state index is -3.54. The molecule has 1 aliphatic carbocycles. The van der Waals surface area contributed by atoms with Gasteiger partial charge in [-0.25, -0.2) is 8.42 Å². The number of aromatic amines is 1. The number of amides is 1. The molecule has 0 radical (unpaired) electrons. The van der Waals surface area contributed by atoms with E-state index in [1.807, 2.05) is 0 Å². The summed E-state index contributed by atoms with van der Waals surface area (Å²) in [4.78, 5) is 20.2. The molecule has 1 aliphatic heterocycles. The molecule has 150 valence electrons.